The van der Waals surface area contributed by atoms with Crippen LogP contribution in [0.1, 0.15) is 19.4 Å². The molecule has 0 unspecified atom stereocenters. The lowest BCUT2D eigenvalue weighted by molar-refractivity contribution is -0.308. The fourth-order valence-electron chi connectivity index (χ4n) is 2.70. The summed E-state index contributed by atoms with van der Waals surface area (Å²) in [4.78, 5) is 5.52. The first-order chi connectivity index (χ1) is 11.2. The van der Waals surface area contributed by atoms with Gasteiger partial charge in [-0.05, 0) is 19.4 Å². The molecule has 0 radical (unpaired) electrons. The van der Waals surface area contributed by atoms with Crippen LogP contribution in [0.3, 0.4) is 0 Å². The third-order valence-electron chi connectivity index (χ3n) is 3.80. The molecule has 1 saturated heterocycles. The van der Waals surface area contributed by atoms with Gasteiger partial charge in [0, 0.05) is 20.8 Å². The second-order valence-corrected chi connectivity index (χ2v) is 5.28. The van der Waals surface area contributed by atoms with Crippen LogP contribution in [0.4, 0.5) is 0 Å². The standard InChI is InChI=1S/C17H25NO5/c1-5-21-15-14(19-3)12(2)22-17(16(15)20-4)23-18-11-13-9-7-6-8-10-13/h6-12,14-17H,5H2,1-4H3/t12-,14-,15+,16+,17-/m0/s1. The normalized spacial score (nSPS) is 31.4. The van der Waals surface area contributed by atoms with Gasteiger partial charge in [0.1, 0.15) is 12.2 Å². The van der Waals surface area contributed by atoms with Gasteiger partial charge < -0.3 is 23.8 Å². The highest BCUT2D eigenvalue weighted by molar-refractivity contribution is 5.78. The molecule has 128 valence electrons. The van der Waals surface area contributed by atoms with Crippen molar-refractivity contribution in [3.63, 3.8) is 0 Å². The largest absolute Gasteiger partial charge is 0.376 e. The van der Waals surface area contributed by atoms with Gasteiger partial charge in [-0.2, -0.15) is 0 Å². The van der Waals surface area contributed by atoms with Gasteiger partial charge in [-0.15, -0.1) is 0 Å². The highest BCUT2D eigenvalue weighted by atomic mass is 16.8. The molecule has 1 aromatic rings. The molecule has 0 N–H and O–H groups in total. The summed E-state index contributed by atoms with van der Waals surface area (Å²) in [6, 6.07) is 9.70. The van der Waals surface area contributed by atoms with Crippen LogP contribution in [0.5, 0.6) is 0 Å². The Kier molecular flexibility index (Phi) is 6.98. The molecule has 0 aromatic heterocycles. The number of benzene rings is 1. The summed E-state index contributed by atoms with van der Waals surface area (Å²) in [5.74, 6) is 0. The molecule has 1 heterocycles. The zero-order valence-corrected chi connectivity index (χ0v) is 14.0. The van der Waals surface area contributed by atoms with Gasteiger partial charge >= 0.3 is 0 Å². The maximum Gasteiger partial charge on any atom is 0.256 e. The fraction of sp³-hybridized carbons (Fsp3) is 0.588. The minimum atomic E-state index is -0.655. The van der Waals surface area contributed by atoms with E-state index in [1.807, 2.05) is 44.2 Å². The van der Waals surface area contributed by atoms with Gasteiger partial charge in [0.05, 0.1) is 12.3 Å². The van der Waals surface area contributed by atoms with Crippen LogP contribution in [0, 0.1) is 0 Å². The number of rotatable bonds is 7. The van der Waals surface area contributed by atoms with Crippen molar-refractivity contribution in [2.75, 3.05) is 20.8 Å². The van der Waals surface area contributed by atoms with Crippen molar-refractivity contribution in [3.8, 4) is 0 Å². The van der Waals surface area contributed by atoms with E-state index in [-0.39, 0.29) is 18.3 Å². The van der Waals surface area contributed by atoms with Gasteiger partial charge in [0.2, 0.25) is 0 Å². The lowest BCUT2D eigenvalue weighted by Gasteiger charge is -2.42. The quantitative estimate of drug-likeness (QED) is 0.569. The number of ether oxygens (including phenoxy) is 4. The second-order valence-electron chi connectivity index (χ2n) is 5.28. The van der Waals surface area contributed by atoms with Crippen LogP contribution in [0.25, 0.3) is 0 Å². The summed E-state index contributed by atoms with van der Waals surface area (Å²) >= 11 is 0. The first-order valence-corrected chi connectivity index (χ1v) is 7.78. The Labute approximate surface area is 137 Å². The third kappa shape index (κ3) is 4.51. The number of hydrogen-bond donors (Lipinski definition) is 0. The van der Waals surface area contributed by atoms with Gasteiger partial charge in [-0.1, -0.05) is 35.5 Å². The van der Waals surface area contributed by atoms with E-state index in [1.54, 1.807) is 20.4 Å². The average molecular weight is 323 g/mol. The Morgan fingerprint density at radius 3 is 2.39 bits per heavy atom. The topological polar surface area (TPSA) is 58.5 Å². The van der Waals surface area contributed by atoms with Crippen LogP contribution in [-0.4, -0.2) is 57.7 Å². The summed E-state index contributed by atoms with van der Waals surface area (Å²) in [6.45, 7) is 4.41. The summed E-state index contributed by atoms with van der Waals surface area (Å²) in [7, 11) is 3.23. The Bertz CT molecular complexity index is 481. The number of methoxy groups -OCH3 is 2. The Morgan fingerprint density at radius 1 is 1.09 bits per heavy atom. The monoisotopic (exact) mass is 323 g/mol. The molecule has 0 aliphatic carbocycles. The highest BCUT2D eigenvalue weighted by Gasteiger charge is 2.47. The number of nitrogens with zero attached hydrogens (tertiary/aromatic N) is 1. The van der Waals surface area contributed by atoms with Gasteiger partial charge in [-0.25, -0.2) is 0 Å². The van der Waals surface area contributed by atoms with E-state index >= 15 is 0 Å². The van der Waals surface area contributed by atoms with E-state index in [2.05, 4.69) is 5.16 Å². The molecule has 1 aliphatic rings. The van der Waals surface area contributed by atoms with Crippen molar-refractivity contribution >= 4 is 6.21 Å². The van der Waals surface area contributed by atoms with Crippen molar-refractivity contribution in [1.29, 1.82) is 0 Å². The van der Waals surface area contributed by atoms with Gasteiger partial charge in [0.25, 0.3) is 6.29 Å². The summed E-state index contributed by atoms with van der Waals surface area (Å²) in [5.41, 5.74) is 0.946. The molecule has 1 fully saturated rings. The van der Waals surface area contributed by atoms with Gasteiger partial charge in [-0.3, -0.25) is 0 Å². The van der Waals surface area contributed by atoms with Crippen molar-refractivity contribution in [2.45, 2.75) is 44.6 Å². The number of oxime groups is 1. The SMILES string of the molecule is CCO[C@@H]1[C@@H](OC)[C@H](C)O[C@@H](ON=Cc2ccccc2)[C@@H]1OC. The van der Waals surface area contributed by atoms with E-state index in [9.17, 15) is 0 Å². The molecule has 23 heavy (non-hydrogen) atoms. The molecule has 2 rings (SSSR count). The van der Waals surface area contributed by atoms with E-state index in [4.69, 9.17) is 23.8 Å². The lowest BCUT2D eigenvalue weighted by atomic mass is 9.99. The van der Waals surface area contributed by atoms with E-state index in [1.165, 1.54) is 0 Å². The van der Waals surface area contributed by atoms with E-state index in [0.717, 1.165) is 5.56 Å². The molecular formula is C17H25NO5. The maximum absolute atomic E-state index is 5.84. The van der Waals surface area contributed by atoms with Crippen molar-refractivity contribution in [3.05, 3.63) is 35.9 Å². The lowest BCUT2D eigenvalue weighted by Crippen LogP contribution is -2.59. The predicted molar refractivity (Wildman–Crippen MR) is 86.5 cm³/mol. The number of hydrogen-bond acceptors (Lipinski definition) is 6. The smallest absolute Gasteiger partial charge is 0.256 e. The van der Waals surface area contributed by atoms with Crippen LogP contribution in [0.15, 0.2) is 35.5 Å². The molecule has 0 spiro atoms. The minimum Gasteiger partial charge on any atom is -0.376 e. The predicted octanol–water partition coefficient (Wildman–Crippen LogP) is 2.22. The van der Waals surface area contributed by atoms with Crippen LogP contribution in [-0.2, 0) is 23.8 Å². The van der Waals surface area contributed by atoms with Crippen molar-refractivity contribution in [1.82, 2.24) is 0 Å². The summed E-state index contributed by atoms with van der Waals surface area (Å²) in [6.07, 6.45) is -0.144. The van der Waals surface area contributed by atoms with Gasteiger partial charge in [0.15, 0.2) is 6.10 Å². The Morgan fingerprint density at radius 2 is 1.78 bits per heavy atom. The summed E-state index contributed by atoms with van der Waals surface area (Å²) < 4.78 is 22.7. The third-order valence-corrected chi connectivity index (χ3v) is 3.80. The average Bonchev–Trinajstić information content (AvgIpc) is 2.56. The molecule has 1 aliphatic heterocycles. The molecular weight excluding hydrogens is 298 g/mol. The molecule has 0 bridgehead atoms. The van der Waals surface area contributed by atoms with Crippen LogP contribution >= 0.6 is 0 Å². The highest BCUT2D eigenvalue weighted by Crippen LogP contribution is 2.28. The Hall–Kier alpha value is -1.47. The molecule has 1 aromatic carbocycles. The Balaban J connectivity index is 2.06. The zero-order valence-electron chi connectivity index (χ0n) is 14.0. The first kappa shape index (κ1) is 17.9. The van der Waals surface area contributed by atoms with Crippen molar-refractivity contribution < 1.29 is 23.8 Å². The molecule has 6 nitrogen and oxygen atoms in total. The van der Waals surface area contributed by atoms with Crippen LogP contribution in [0.2, 0.25) is 0 Å². The summed E-state index contributed by atoms with van der Waals surface area (Å²) in [5, 5.41) is 4.02. The molecule has 0 amide bonds. The van der Waals surface area contributed by atoms with E-state index in [0.29, 0.717) is 6.61 Å². The molecule has 5 atom stereocenters. The first-order valence-electron chi connectivity index (χ1n) is 7.78. The van der Waals surface area contributed by atoms with Crippen LogP contribution < -0.4 is 0 Å². The molecule has 6 heteroatoms. The fourth-order valence-corrected chi connectivity index (χ4v) is 2.70. The zero-order chi connectivity index (χ0) is 16.7. The maximum atomic E-state index is 5.84. The van der Waals surface area contributed by atoms with E-state index < -0.39 is 12.4 Å². The molecule has 0 saturated carbocycles. The van der Waals surface area contributed by atoms with Crippen molar-refractivity contribution in [2.24, 2.45) is 5.16 Å². The minimum absolute atomic E-state index is 0.195. The second kappa shape index (κ2) is 8.98.